The van der Waals surface area contributed by atoms with Gasteiger partial charge in [0.1, 0.15) is 12.4 Å². The van der Waals surface area contributed by atoms with Crippen LogP contribution >= 0.6 is 0 Å². The van der Waals surface area contributed by atoms with Crippen LogP contribution in [0.2, 0.25) is 0 Å². The standard InChI is InChI=1S/C13H16F4N2O/c14-9-12(19-7-5-18-6-8-19)10-1-3-11(4-2-10)20-13(15,16)17/h1-4,12,18H,5-9H2/t12-/m1/s1. The van der Waals surface area contributed by atoms with Gasteiger partial charge in [-0.15, -0.1) is 13.2 Å². The first-order chi connectivity index (χ1) is 9.49. The molecule has 1 heterocycles. The van der Waals surface area contributed by atoms with Crippen molar-refractivity contribution in [3.63, 3.8) is 0 Å². The summed E-state index contributed by atoms with van der Waals surface area (Å²) in [6.07, 6.45) is -4.71. The smallest absolute Gasteiger partial charge is 0.406 e. The molecule has 20 heavy (non-hydrogen) atoms. The van der Waals surface area contributed by atoms with Crippen LogP contribution < -0.4 is 10.1 Å². The van der Waals surface area contributed by atoms with Gasteiger partial charge in [-0.2, -0.15) is 0 Å². The van der Waals surface area contributed by atoms with Crippen LogP contribution in [-0.2, 0) is 0 Å². The van der Waals surface area contributed by atoms with E-state index in [2.05, 4.69) is 10.1 Å². The van der Waals surface area contributed by atoms with Crippen molar-refractivity contribution in [1.82, 2.24) is 10.2 Å². The normalized spacial score (nSPS) is 18.8. The molecule has 3 nitrogen and oxygen atoms in total. The molecule has 1 atom stereocenters. The quantitative estimate of drug-likeness (QED) is 0.863. The summed E-state index contributed by atoms with van der Waals surface area (Å²) in [6.45, 7) is 2.43. The first kappa shape index (κ1) is 15.1. The molecule has 0 bridgehead atoms. The molecule has 1 aliphatic heterocycles. The van der Waals surface area contributed by atoms with E-state index in [-0.39, 0.29) is 5.75 Å². The minimum absolute atomic E-state index is 0.292. The van der Waals surface area contributed by atoms with Crippen LogP contribution in [0, 0.1) is 0 Å². The zero-order chi connectivity index (χ0) is 14.6. The Morgan fingerprint density at radius 1 is 1.15 bits per heavy atom. The second kappa shape index (κ2) is 6.41. The van der Waals surface area contributed by atoms with Gasteiger partial charge in [0.05, 0.1) is 6.04 Å². The van der Waals surface area contributed by atoms with Gasteiger partial charge in [0.15, 0.2) is 0 Å². The van der Waals surface area contributed by atoms with Crippen molar-refractivity contribution in [1.29, 1.82) is 0 Å². The number of rotatable bonds is 4. The van der Waals surface area contributed by atoms with Gasteiger partial charge in [-0.25, -0.2) is 4.39 Å². The Morgan fingerprint density at radius 2 is 1.75 bits per heavy atom. The summed E-state index contributed by atoms with van der Waals surface area (Å²) in [5, 5.41) is 3.17. The Balaban J connectivity index is 2.06. The van der Waals surface area contributed by atoms with E-state index in [1.165, 1.54) is 24.3 Å². The second-order valence-electron chi connectivity index (χ2n) is 4.57. The van der Waals surface area contributed by atoms with Gasteiger partial charge in [0.2, 0.25) is 0 Å². The Hall–Kier alpha value is -1.34. The summed E-state index contributed by atoms with van der Waals surface area (Å²) < 4.78 is 53.2. The molecule has 1 N–H and O–H groups in total. The number of alkyl halides is 4. The maximum absolute atomic E-state index is 13.2. The van der Waals surface area contributed by atoms with E-state index in [1.807, 2.05) is 4.90 Å². The summed E-state index contributed by atoms with van der Waals surface area (Å²) in [4.78, 5) is 1.98. The Kier molecular flexibility index (Phi) is 4.82. The Bertz CT molecular complexity index is 415. The van der Waals surface area contributed by atoms with Crippen molar-refractivity contribution in [3.05, 3.63) is 29.8 Å². The van der Waals surface area contributed by atoms with Crippen molar-refractivity contribution in [2.24, 2.45) is 0 Å². The van der Waals surface area contributed by atoms with Crippen LogP contribution in [0.15, 0.2) is 24.3 Å². The molecule has 1 aromatic carbocycles. The van der Waals surface area contributed by atoms with Crippen LogP contribution in [0.5, 0.6) is 5.75 Å². The van der Waals surface area contributed by atoms with Crippen molar-refractivity contribution in [2.45, 2.75) is 12.4 Å². The summed E-state index contributed by atoms with van der Waals surface area (Å²) in [5.41, 5.74) is 0.656. The molecule has 7 heteroatoms. The predicted molar refractivity (Wildman–Crippen MR) is 66.3 cm³/mol. The van der Waals surface area contributed by atoms with Crippen molar-refractivity contribution in [3.8, 4) is 5.75 Å². The summed E-state index contributed by atoms with van der Waals surface area (Å²) in [6, 6.07) is 4.97. The maximum atomic E-state index is 13.2. The van der Waals surface area contributed by atoms with Gasteiger partial charge in [-0.3, -0.25) is 4.90 Å². The predicted octanol–water partition coefficient (Wildman–Crippen LogP) is 2.50. The van der Waals surface area contributed by atoms with Crippen LogP contribution in [0.4, 0.5) is 17.6 Å². The van der Waals surface area contributed by atoms with E-state index in [9.17, 15) is 17.6 Å². The lowest BCUT2D eigenvalue weighted by atomic mass is 10.1. The number of ether oxygens (including phenoxy) is 1. The largest absolute Gasteiger partial charge is 0.573 e. The fourth-order valence-electron chi connectivity index (χ4n) is 2.28. The van der Waals surface area contributed by atoms with Gasteiger partial charge in [0.25, 0.3) is 0 Å². The third-order valence-electron chi connectivity index (χ3n) is 3.24. The summed E-state index contributed by atoms with van der Waals surface area (Å²) >= 11 is 0. The van der Waals surface area contributed by atoms with Crippen LogP contribution in [0.25, 0.3) is 0 Å². The van der Waals surface area contributed by atoms with Crippen molar-refractivity contribution in [2.75, 3.05) is 32.9 Å². The molecule has 1 saturated heterocycles. The van der Waals surface area contributed by atoms with Gasteiger partial charge in [-0.1, -0.05) is 12.1 Å². The molecule has 1 fully saturated rings. The number of nitrogens with zero attached hydrogens (tertiary/aromatic N) is 1. The SMILES string of the molecule is FC[C@H](c1ccc(OC(F)(F)F)cc1)N1CCNCC1. The Morgan fingerprint density at radius 3 is 2.25 bits per heavy atom. The number of benzene rings is 1. The third kappa shape index (κ3) is 4.08. The molecule has 2 rings (SSSR count). The van der Waals surface area contributed by atoms with Gasteiger partial charge < -0.3 is 10.1 Å². The summed E-state index contributed by atoms with van der Waals surface area (Å²) in [7, 11) is 0. The number of hydrogen-bond donors (Lipinski definition) is 1. The first-order valence-corrected chi connectivity index (χ1v) is 6.36. The van der Waals surface area contributed by atoms with E-state index in [0.717, 1.165) is 26.2 Å². The molecule has 0 saturated carbocycles. The van der Waals surface area contributed by atoms with Gasteiger partial charge in [-0.05, 0) is 17.7 Å². The fourth-order valence-corrected chi connectivity index (χ4v) is 2.28. The zero-order valence-corrected chi connectivity index (χ0v) is 10.8. The van der Waals surface area contributed by atoms with E-state index in [0.29, 0.717) is 5.56 Å². The molecular formula is C13H16F4N2O. The molecule has 0 aliphatic carbocycles. The fraction of sp³-hybridized carbons (Fsp3) is 0.538. The zero-order valence-electron chi connectivity index (χ0n) is 10.8. The molecule has 112 valence electrons. The lowest BCUT2D eigenvalue weighted by Crippen LogP contribution is -2.45. The number of piperazine rings is 1. The number of nitrogens with one attached hydrogen (secondary N) is 1. The summed E-state index contributed by atoms with van der Waals surface area (Å²) in [5.74, 6) is -0.292. The average molecular weight is 292 g/mol. The van der Waals surface area contributed by atoms with Gasteiger partial charge in [0, 0.05) is 26.2 Å². The lowest BCUT2D eigenvalue weighted by Gasteiger charge is -2.33. The van der Waals surface area contributed by atoms with Crippen LogP contribution in [0.3, 0.4) is 0 Å². The number of halogens is 4. The second-order valence-corrected chi connectivity index (χ2v) is 4.57. The molecule has 0 spiro atoms. The first-order valence-electron chi connectivity index (χ1n) is 6.36. The molecule has 0 unspecified atom stereocenters. The minimum atomic E-state index is -4.71. The molecule has 0 amide bonds. The van der Waals surface area contributed by atoms with E-state index < -0.39 is 19.1 Å². The molecular weight excluding hydrogens is 276 g/mol. The molecule has 1 aliphatic rings. The van der Waals surface area contributed by atoms with Crippen molar-refractivity contribution < 1.29 is 22.3 Å². The topological polar surface area (TPSA) is 24.5 Å². The lowest BCUT2D eigenvalue weighted by molar-refractivity contribution is -0.274. The third-order valence-corrected chi connectivity index (χ3v) is 3.24. The maximum Gasteiger partial charge on any atom is 0.573 e. The minimum Gasteiger partial charge on any atom is -0.406 e. The highest BCUT2D eigenvalue weighted by molar-refractivity contribution is 5.29. The van der Waals surface area contributed by atoms with Crippen molar-refractivity contribution >= 4 is 0 Å². The highest BCUT2D eigenvalue weighted by Gasteiger charge is 2.31. The van der Waals surface area contributed by atoms with E-state index >= 15 is 0 Å². The monoisotopic (exact) mass is 292 g/mol. The van der Waals surface area contributed by atoms with Gasteiger partial charge >= 0.3 is 6.36 Å². The Labute approximate surface area is 114 Å². The average Bonchev–Trinajstić information content (AvgIpc) is 2.41. The van der Waals surface area contributed by atoms with Crippen LogP contribution in [-0.4, -0.2) is 44.1 Å². The molecule has 0 aromatic heterocycles. The highest BCUT2D eigenvalue weighted by atomic mass is 19.4. The molecule has 0 radical (unpaired) electrons. The molecule has 1 aromatic rings. The van der Waals surface area contributed by atoms with E-state index in [1.54, 1.807) is 0 Å². The van der Waals surface area contributed by atoms with Crippen LogP contribution in [0.1, 0.15) is 11.6 Å². The van der Waals surface area contributed by atoms with E-state index in [4.69, 9.17) is 0 Å². The number of hydrogen-bond acceptors (Lipinski definition) is 3. The highest BCUT2D eigenvalue weighted by Crippen LogP contribution is 2.27.